The molecule has 2 fully saturated rings. The van der Waals surface area contributed by atoms with Crippen LogP contribution in [0, 0.1) is 11.7 Å². The van der Waals surface area contributed by atoms with Crippen molar-refractivity contribution >= 4 is 23.2 Å². The zero-order valence-corrected chi connectivity index (χ0v) is 12.7. The van der Waals surface area contributed by atoms with Gasteiger partial charge >= 0.3 is 0 Å². The van der Waals surface area contributed by atoms with Crippen LogP contribution in [-0.2, 0) is 4.74 Å². The number of hydrogen-bond acceptors (Lipinski definition) is 2. The molecule has 1 saturated carbocycles. The van der Waals surface area contributed by atoms with E-state index in [2.05, 4.69) is 5.32 Å². The van der Waals surface area contributed by atoms with Crippen molar-refractivity contribution in [1.29, 1.82) is 0 Å². The van der Waals surface area contributed by atoms with E-state index in [0.717, 1.165) is 0 Å². The summed E-state index contributed by atoms with van der Waals surface area (Å²) in [6.07, 6.45) is 4.73. The fourth-order valence-corrected chi connectivity index (χ4v) is 3.72. The molecule has 3 unspecified atom stereocenters. The van der Waals surface area contributed by atoms with Gasteiger partial charge in [0.15, 0.2) is 0 Å². The van der Waals surface area contributed by atoms with Crippen molar-refractivity contribution in [2.75, 3.05) is 13.2 Å². The van der Waals surface area contributed by atoms with E-state index in [9.17, 15) is 4.39 Å². The van der Waals surface area contributed by atoms with Gasteiger partial charge in [0, 0.05) is 23.2 Å². The summed E-state index contributed by atoms with van der Waals surface area (Å²) in [5.41, 5.74) is 0.680. The molecule has 110 valence electrons. The summed E-state index contributed by atoms with van der Waals surface area (Å²) in [6, 6.07) is 3.37. The molecule has 3 rings (SSSR count). The number of hydrogen-bond donors (Lipinski definition) is 1. The number of halogens is 3. The molecule has 20 heavy (non-hydrogen) atoms. The minimum Gasteiger partial charge on any atom is -0.372 e. The molecule has 2 aliphatic rings. The minimum atomic E-state index is -0.448. The molecule has 0 spiro atoms. The van der Waals surface area contributed by atoms with Crippen molar-refractivity contribution in [2.24, 2.45) is 5.92 Å². The van der Waals surface area contributed by atoms with E-state index in [0.29, 0.717) is 35.7 Å². The molecule has 0 amide bonds. The monoisotopic (exact) mass is 317 g/mol. The lowest BCUT2D eigenvalue weighted by atomic mass is 9.85. The molecule has 1 aromatic rings. The molecule has 0 bridgehead atoms. The van der Waals surface area contributed by atoms with E-state index in [1.807, 2.05) is 0 Å². The Kier molecular flexibility index (Phi) is 4.51. The molecule has 0 aromatic heterocycles. The molecular formula is C15H18Cl2FNO. The summed E-state index contributed by atoms with van der Waals surface area (Å²) >= 11 is 11.9. The molecule has 2 nitrogen and oxygen atoms in total. The van der Waals surface area contributed by atoms with E-state index in [1.54, 1.807) is 0 Å². The molecule has 1 aliphatic carbocycles. The van der Waals surface area contributed by atoms with Gasteiger partial charge in [-0.15, -0.1) is 0 Å². The van der Waals surface area contributed by atoms with E-state index < -0.39 is 5.82 Å². The summed E-state index contributed by atoms with van der Waals surface area (Å²) in [5, 5.41) is 4.07. The number of fused-ring (bicyclic) bond motifs is 1. The summed E-state index contributed by atoms with van der Waals surface area (Å²) < 4.78 is 19.6. The first-order chi connectivity index (χ1) is 9.65. The van der Waals surface area contributed by atoms with Crippen LogP contribution in [0.15, 0.2) is 12.1 Å². The molecule has 1 aromatic carbocycles. The molecule has 1 saturated heterocycles. The van der Waals surface area contributed by atoms with Crippen molar-refractivity contribution in [3.63, 3.8) is 0 Å². The zero-order valence-electron chi connectivity index (χ0n) is 11.2. The Bertz CT molecular complexity index is 481. The highest BCUT2D eigenvalue weighted by Gasteiger charge is 2.31. The predicted molar refractivity (Wildman–Crippen MR) is 78.9 cm³/mol. The van der Waals surface area contributed by atoms with Crippen LogP contribution < -0.4 is 5.32 Å². The van der Waals surface area contributed by atoms with Crippen molar-refractivity contribution < 1.29 is 9.13 Å². The van der Waals surface area contributed by atoms with Gasteiger partial charge < -0.3 is 10.1 Å². The van der Waals surface area contributed by atoms with Crippen LogP contribution in [-0.4, -0.2) is 19.2 Å². The second-order valence-electron chi connectivity index (χ2n) is 5.67. The van der Waals surface area contributed by atoms with Crippen LogP contribution in [0.5, 0.6) is 0 Å². The Morgan fingerprint density at radius 2 is 1.95 bits per heavy atom. The topological polar surface area (TPSA) is 21.3 Å². The normalized spacial score (nSPS) is 30.6. The van der Waals surface area contributed by atoms with Crippen molar-refractivity contribution in [2.45, 2.75) is 37.8 Å². The first-order valence-corrected chi connectivity index (χ1v) is 7.90. The summed E-state index contributed by atoms with van der Waals surface area (Å²) in [5.74, 6) is 0.112. The fraction of sp³-hybridized carbons (Fsp3) is 0.600. The Morgan fingerprint density at radius 1 is 1.15 bits per heavy atom. The fourth-order valence-electron chi connectivity index (χ4n) is 3.22. The van der Waals surface area contributed by atoms with E-state index >= 15 is 0 Å². The standard InChI is InChI=1S/C15H18Cl2FNO/c16-11-6-12(17)13(18)5-10(11)15-7-19-14-4-2-1-3-9(14)8-20-15/h5-6,9,14-15,19H,1-4,7-8H2. The first kappa shape index (κ1) is 14.6. The van der Waals surface area contributed by atoms with Crippen molar-refractivity contribution in [3.05, 3.63) is 33.6 Å². The third kappa shape index (κ3) is 2.96. The number of benzene rings is 1. The van der Waals surface area contributed by atoms with Gasteiger partial charge in [0.1, 0.15) is 5.82 Å². The number of ether oxygens (including phenoxy) is 1. The average molecular weight is 318 g/mol. The maximum absolute atomic E-state index is 13.6. The van der Waals surface area contributed by atoms with Crippen LogP contribution in [0.2, 0.25) is 10.0 Å². The lowest BCUT2D eigenvalue weighted by Gasteiger charge is -2.29. The Morgan fingerprint density at radius 3 is 2.80 bits per heavy atom. The second kappa shape index (κ2) is 6.18. The molecule has 3 atom stereocenters. The lowest BCUT2D eigenvalue weighted by molar-refractivity contribution is 0.0400. The van der Waals surface area contributed by atoms with E-state index in [4.69, 9.17) is 27.9 Å². The SMILES string of the molecule is Fc1cc(C2CNC3CCCCC3CO2)c(Cl)cc1Cl. The molecule has 0 radical (unpaired) electrons. The predicted octanol–water partition coefficient (Wildman–Crippen LogP) is 4.35. The maximum atomic E-state index is 13.6. The van der Waals surface area contributed by atoms with Gasteiger partial charge in [-0.3, -0.25) is 0 Å². The summed E-state index contributed by atoms with van der Waals surface area (Å²) in [6.45, 7) is 1.38. The Hall–Kier alpha value is -0.350. The largest absolute Gasteiger partial charge is 0.372 e. The maximum Gasteiger partial charge on any atom is 0.142 e. The summed E-state index contributed by atoms with van der Waals surface area (Å²) in [7, 11) is 0. The van der Waals surface area contributed by atoms with Crippen LogP contribution in [0.1, 0.15) is 37.4 Å². The lowest BCUT2D eigenvalue weighted by Crippen LogP contribution is -2.38. The highest BCUT2D eigenvalue weighted by atomic mass is 35.5. The molecule has 1 aliphatic heterocycles. The first-order valence-electron chi connectivity index (χ1n) is 7.14. The van der Waals surface area contributed by atoms with Crippen LogP contribution >= 0.6 is 23.2 Å². The summed E-state index contributed by atoms with van der Waals surface area (Å²) in [4.78, 5) is 0. The van der Waals surface area contributed by atoms with Gasteiger partial charge in [0.2, 0.25) is 0 Å². The van der Waals surface area contributed by atoms with Crippen LogP contribution in [0.3, 0.4) is 0 Å². The van der Waals surface area contributed by atoms with Gasteiger partial charge in [-0.25, -0.2) is 4.39 Å². The number of nitrogens with one attached hydrogen (secondary N) is 1. The van der Waals surface area contributed by atoms with Gasteiger partial charge in [-0.05, 0) is 30.9 Å². The number of rotatable bonds is 1. The van der Waals surface area contributed by atoms with Gasteiger partial charge in [-0.2, -0.15) is 0 Å². The average Bonchev–Trinajstić information content (AvgIpc) is 2.65. The Balaban J connectivity index is 1.79. The van der Waals surface area contributed by atoms with Gasteiger partial charge in [0.05, 0.1) is 17.7 Å². The van der Waals surface area contributed by atoms with Crippen LogP contribution in [0.25, 0.3) is 0 Å². The minimum absolute atomic E-state index is 0.0500. The van der Waals surface area contributed by atoms with Crippen molar-refractivity contribution in [3.8, 4) is 0 Å². The highest BCUT2D eigenvalue weighted by molar-refractivity contribution is 6.35. The third-order valence-corrected chi connectivity index (χ3v) is 4.99. The molecule has 1 N–H and O–H groups in total. The quantitative estimate of drug-likeness (QED) is 0.777. The van der Waals surface area contributed by atoms with E-state index in [-0.39, 0.29) is 11.1 Å². The highest BCUT2D eigenvalue weighted by Crippen LogP contribution is 2.34. The molecule has 1 heterocycles. The molecule has 5 heteroatoms. The smallest absolute Gasteiger partial charge is 0.142 e. The molecular weight excluding hydrogens is 300 g/mol. The van der Waals surface area contributed by atoms with Gasteiger partial charge in [-0.1, -0.05) is 36.0 Å². The third-order valence-electron chi connectivity index (χ3n) is 4.37. The van der Waals surface area contributed by atoms with Gasteiger partial charge in [0.25, 0.3) is 0 Å². The van der Waals surface area contributed by atoms with Crippen LogP contribution in [0.4, 0.5) is 4.39 Å². The zero-order chi connectivity index (χ0) is 14.1. The second-order valence-corrected chi connectivity index (χ2v) is 6.48. The Labute approximate surface area is 128 Å². The van der Waals surface area contributed by atoms with E-state index in [1.165, 1.54) is 37.8 Å². The van der Waals surface area contributed by atoms with Crippen molar-refractivity contribution in [1.82, 2.24) is 5.32 Å².